The fraction of sp³-hybridized carbons (Fsp3) is 0.800. The van der Waals surface area contributed by atoms with Crippen molar-refractivity contribution < 1.29 is 14.6 Å². The van der Waals surface area contributed by atoms with Crippen LogP contribution in [0.15, 0.2) is 11.1 Å². The lowest BCUT2D eigenvalue weighted by molar-refractivity contribution is -0.348. The molecule has 74 valence electrons. The zero-order chi connectivity index (χ0) is 9.31. The normalized spacial score (nSPS) is 34.6. The van der Waals surface area contributed by atoms with E-state index in [0.29, 0.717) is 13.2 Å². The van der Waals surface area contributed by atoms with Crippen molar-refractivity contribution in [3.8, 4) is 0 Å². The molecule has 1 N–H and O–H groups in total. The Kier molecular flexibility index (Phi) is 2.41. The van der Waals surface area contributed by atoms with E-state index < -0.39 is 5.97 Å². The summed E-state index contributed by atoms with van der Waals surface area (Å²) in [5.41, 5.74) is 2.29. The van der Waals surface area contributed by atoms with Gasteiger partial charge in [-0.1, -0.05) is 12.5 Å². The van der Waals surface area contributed by atoms with Crippen molar-refractivity contribution in [3.63, 3.8) is 0 Å². The Morgan fingerprint density at radius 3 is 2.85 bits per heavy atom. The molecule has 2 aliphatic heterocycles. The molecule has 1 atom stereocenters. The maximum atomic E-state index is 9.99. The van der Waals surface area contributed by atoms with Crippen LogP contribution in [0.25, 0.3) is 0 Å². The zero-order valence-electron chi connectivity index (χ0n) is 8.01. The van der Waals surface area contributed by atoms with Crippen LogP contribution in [-0.4, -0.2) is 24.3 Å². The molecule has 0 radical (unpaired) electrons. The summed E-state index contributed by atoms with van der Waals surface area (Å²) in [5, 5.41) is 9.99. The van der Waals surface area contributed by atoms with Crippen molar-refractivity contribution in [3.05, 3.63) is 11.1 Å². The first-order chi connectivity index (χ1) is 6.26. The largest absolute Gasteiger partial charge is 0.340 e. The summed E-state index contributed by atoms with van der Waals surface area (Å²) in [7, 11) is 0. The summed E-state index contributed by atoms with van der Waals surface area (Å²) >= 11 is 0. The average Bonchev–Trinajstić information content (AvgIpc) is 2.15. The first-order valence-electron chi connectivity index (χ1n) is 4.98. The molecule has 0 bridgehead atoms. The van der Waals surface area contributed by atoms with Crippen LogP contribution in [-0.2, 0) is 9.47 Å². The van der Waals surface area contributed by atoms with Gasteiger partial charge in [-0.15, -0.1) is 0 Å². The molecule has 13 heavy (non-hydrogen) atoms. The molecule has 3 heteroatoms. The number of fused-ring (bicyclic) bond motifs is 1. The predicted molar refractivity (Wildman–Crippen MR) is 48.0 cm³/mol. The highest BCUT2D eigenvalue weighted by Gasteiger charge is 2.40. The SMILES string of the molecule is CCC1=C2CCCOC2(O)OCC1. The van der Waals surface area contributed by atoms with Crippen LogP contribution in [0.5, 0.6) is 0 Å². The second-order valence-corrected chi connectivity index (χ2v) is 3.57. The van der Waals surface area contributed by atoms with E-state index in [1.807, 2.05) is 0 Å². The van der Waals surface area contributed by atoms with Crippen LogP contribution < -0.4 is 0 Å². The molecule has 0 saturated carbocycles. The van der Waals surface area contributed by atoms with Crippen LogP contribution >= 0.6 is 0 Å². The van der Waals surface area contributed by atoms with E-state index in [9.17, 15) is 5.11 Å². The van der Waals surface area contributed by atoms with Gasteiger partial charge in [0.15, 0.2) is 0 Å². The third-order valence-corrected chi connectivity index (χ3v) is 2.81. The van der Waals surface area contributed by atoms with Gasteiger partial charge in [-0.25, -0.2) is 0 Å². The highest BCUT2D eigenvalue weighted by molar-refractivity contribution is 5.22. The van der Waals surface area contributed by atoms with E-state index in [4.69, 9.17) is 9.47 Å². The van der Waals surface area contributed by atoms with Gasteiger partial charge in [0.2, 0.25) is 0 Å². The number of aliphatic hydroxyl groups is 1. The number of ether oxygens (including phenoxy) is 2. The Hall–Kier alpha value is -0.380. The second-order valence-electron chi connectivity index (χ2n) is 3.57. The summed E-state index contributed by atoms with van der Waals surface area (Å²) < 4.78 is 10.6. The van der Waals surface area contributed by atoms with Crippen LogP contribution in [0.3, 0.4) is 0 Å². The van der Waals surface area contributed by atoms with E-state index in [-0.39, 0.29) is 0 Å². The molecule has 2 heterocycles. The molecule has 0 aromatic heterocycles. The lowest BCUT2D eigenvalue weighted by Crippen LogP contribution is -2.44. The van der Waals surface area contributed by atoms with E-state index in [2.05, 4.69) is 6.92 Å². The Labute approximate surface area is 78.3 Å². The van der Waals surface area contributed by atoms with Crippen molar-refractivity contribution in [2.75, 3.05) is 13.2 Å². The van der Waals surface area contributed by atoms with Gasteiger partial charge >= 0.3 is 5.97 Å². The average molecular weight is 184 g/mol. The van der Waals surface area contributed by atoms with Crippen LogP contribution in [0.1, 0.15) is 32.6 Å². The van der Waals surface area contributed by atoms with Crippen LogP contribution in [0.2, 0.25) is 0 Å². The number of hydrogen-bond acceptors (Lipinski definition) is 3. The fourth-order valence-corrected chi connectivity index (χ4v) is 2.09. The van der Waals surface area contributed by atoms with Gasteiger partial charge in [0.05, 0.1) is 13.2 Å². The molecular weight excluding hydrogens is 168 g/mol. The highest BCUT2D eigenvalue weighted by atomic mass is 16.8. The molecule has 1 unspecified atom stereocenters. The number of hydrogen-bond donors (Lipinski definition) is 1. The van der Waals surface area contributed by atoms with Gasteiger partial charge < -0.3 is 14.6 Å². The number of rotatable bonds is 1. The molecule has 1 fully saturated rings. The summed E-state index contributed by atoms with van der Waals surface area (Å²) in [6.07, 6.45) is 3.84. The molecule has 0 aliphatic carbocycles. The van der Waals surface area contributed by atoms with Crippen molar-refractivity contribution >= 4 is 0 Å². The molecule has 0 amide bonds. The Balaban J connectivity index is 2.31. The van der Waals surface area contributed by atoms with E-state index in [0.717, 1.165) is 31.3 Å². The predicted octanol–water partition coefficient (Wildman–Crippen LogP) is 1.57. The van der Waals surface area contributed by atoms with Crippen LogP contribution in [0, 0.1) is 0 Å². The quantitative estimate of drug-likeness (QED) is 0.629. The van der Waals surface area contributed by atoms with Crippen molar-refractivity contribution in [1.82, 2.24) is 0 Å². The van der Waals surface area contributed by atoms with Crippen molar-refractivity contribution in [2.24, 2.45) is 0 Å². The van der Waals surface area contributed by atoms with Gasteiger partial charge in [-0.2, -0.15) is 0 Å². The maximum Gasteiger partial charge on any atom is 0.305 e. The Morgan fingerprint density at radius 2 is 2.08 bits per heavy atom. The Bertz CT molecular complexity index is 234. The minimum Gasteiger partial charge on any atom is -0.340 e. The molecule has 0 aromatic rings. The van der Waals surface area contributed by atoms with Crippen LogP contribution in [0.4, 0.5) is 0 Å². The molecule has 2 rings (SSSR count). The summed E-state index contributed by atoms with van der Waals surface area (Å²) in [6, 6.07) is 0. The molecular formula is C10H16O3. The minimum atomic E-state index is -1.37. The third kappa shape index (κ3) is 1.52. The Morgan fingerprint density at radius 1 is 1.31 bits per heavy atom. The van der Waals surface area contributed by atoms with Gasteiger partial charge in [0.25, 0.3) is 0 Å². The maximum absolute atomic E-state index is 9.99. The van der Waals surface area contributed by atoms with Gasteiger partial charge in [-0.05, 0) is 25.7 Å². The standard InChI is InChI=1S/C10H16O3/c1-2-8-5-7-13-10(11)9(8)4-3-6-12-10/h11H,2-7H2,1H3. The summed E-state index contributed by atoms with van der Waals surface area (Å²) in [5.74, 6) is -1.37. The molecule has 0 aromatic carbocycles. The van der Waals surface area contributed by atoms with Gasteiger partial charge in [0, 0.05) is 5.57 Å². The molecule has 0 spiro atoms. The smallest absolute Gasteiger partial charge is 0.305 e. The van der Waals surface area contributed by atoms with E-state index in [1.54, 1.807) is 0 Å². The van der Waals surface area contributed by atoms with Crippen molar-refractivity contribution in [2.45, 2.75) is 38.6 Å². The third-order valence-electron chi connectivity index (χ3n) is 2.81. The van der Waals surface area contributed by atoms with Gasteiger partial charge in [-0.3, -0.25) is 0 Å². The van der Waals surface area contributed by atoms with Crippen molar-refractivity contribution in [1.29, 1.82) is 0 Å². The van der Waals surface area contributed by atoms with E-state index in [1.165, 1.54) is 5.57 Å². The summed E-state index contributed by atoms with van der Waals surface area (Å²) in [4.78, 5) is 0. The topological polar surface area (TPSA) is 38.7 Å². The molecule has 2 aliphatic rings. The minimum absolute atomic E-state index is 0.573. The summed E-state index contributed by atoms with van der Waals surface area (Å²) in [6.45, 7) is 3.28. The lowest BCUT2D eigenvalue weighted by atomic mass is 9.93. The molecule has 3 nitrogen and oxygen atoms in total. The first-order valence-corrected chi connectivity index (χ1v) is 4.98. The first kappa shape index (κ1) is 9.19. The lowest BCUT2D eigenvalue weighted by Gasteiger charge is -2.38. The monoisotopic (exact) mass is 184 g/mol. The highest BCUT2D eigenvalue weighted by Crippen LogP contribution is 2.37. The fourth-order valence-electron chi connectivity index (χ4n) is 2.09. The second kappa shape index (κ2) is 3.40. The van der Waals surface area contributed by atoms with E-state index >= 15 is 0 Å². The molecule has 1 saturated heterocycles. The van der Waals surface area contributed by atoms with Gasteiger partial charge in [0.1, 0.15) is 0 Å². The zero-order valence-corrected chi connectivity index (χ0v) is 8.01.